The maximum atomic E-state index is 12.4. The zero-order valence-electron chi connectivity index (χ0n) is 14.2. The van der Waals surface area contributed by atoms with Crippen LogP contribution in [-0.4, -0.2) is 35.7 Å². The van der Waals surface area contributed by atoms with E-state index >= 15 is 0 Å². The first kappa shape index (κ1) is 17.3. The number of anilines is 2. The molecule has 2 aromatic rings. The predicted molar refractivity (Wildman–Crippen MR) is 96.2 cm³/mol. The molecule has 2 heterocycles. The van der Waals surface area contributed by atoms with E-state index in [0.717, 1.165) is 22.9 Å². The Kier molecular flexibility index (Phi) is 5.28. The van der Waals surface area contributed by atoms with Crippen LogP contribution >= 0.6 is 11.3 Å². The molecule has 1 aromatic heterocycles. The summed E-state index contributed by atoms with van der Waals surface area (Å²) >= 11 is 1.34. The van der Waals surface area contributed by atoms with Crippen molar-refractivity contribution in [2.45, 2.75) is 32.1 Å². The lowest BCUT2D eigenvalue weighted by atomic mass is 10.1. The average molecular weight is 360 g/mol. The van der Waals surface area contributed by atoms with E-state index in [2.05, 4.69) is 15.5 Å². The molecule has 0 radical (unpaired) electrons. The molecule has 0 bridgehead atoms. The SMILES string of the molecule is CCCC(=O)Nc1nnc([C@H]2CC(=O)N(c3ccc(OC)cc3)C2)s1. The van der Waals surface area contributed by atoms with Crippen LogP contribution < -0.4 is 15.0 Å². The Bertz CT molecular complexity index is 760. The topological polar surface area (TPSA) is 84.4 Å². The molecular weight excluding hydrogens is 340 g/mol. The molecule has 1 aliphatic heterocycles. The Morgan fingerprint density at radius 2 is 2.12 bits per heavy atom. The number of benzene rings is 1. The Labute approximate surface area is 150 Å². The van der Waals surface area contributed by atoms with Gasteiger partial charge in [-0.3, -0.25) is 9.59 Å². The van der Waals surface area contributed by atoms with Crippen molar-refractivity contribution in [3.05, 3.63) is 29.3 Å². The molecule has 1 fully saturated rings. The Hall–Kier alpha value is -2.48. The van der Waals surface area contributed by atoms with Gasteiger partial charge in [-0.05, 0) is 30.7 Å². The lowest BCUT2D eigenvalue weighted by molar-refractivity contribution is -0.117. The third kappa shape index (κ3) is 3.96. The van der Waals surface area contributed by atoms with Gasteiger partial charge in [0.15, 0.2) is 0 Å². The lowest BCUT2D eigenvalue weighted by Gasteiger charge is -2.16. The third-order valence-electron chi connectivity index (χ3n) is 4.02. The molecule has 25 heavy (non-hydrogen) atoms. The van der Waals surface area contributed by atoms with Gasteiger partial charge in [0, 0.05) is 31.0 Å². The van der Waals surface area contributed by atoms with Crippen LogP contribution in [0.5, 0.6) is 5.75 Å². The fraction of sp³-hybridized carbons (Fsp3) is 0.412. The molecule has 132 valence electrons. The number of methoxy groups -OCH3 is 1. The molecule has 1 atom stereocenters. The van der Waals surface area contributed by atoms with E-state index in [4.69, 9.17) is 4.74 Å². The van der Waals surface area contributed by atoms with E-state index in [9.17, 15) is 9.59 Å². The van der Waals surface area contributed by atoms with Gasteiger partial charge < -0.3 is 15.0 Å². The van der Waals surface area contributed by atoms with E-state index in [1.165, 1.54) is 11.3 Å². The number of nitrogens with one attached hydrogen (secondary N) is 1. The largest absolute Gasteiger partial charge is 0.497 e. The molecule has 0 aliphatic carbocycles. The summed E-state index contributed by atoms with van der Waals surface area (Å²) in [6, 6.07) is 7.41. The second-order valence-corrected chi connectivity index (χ2v) is 6.86. The quantitative estimate of drug-likeness (QED) is 0.856. The molecule has 0 unspecified atom stereocenters. The summed E-state index contributed by atoms with van der Waals surface area (Å²) in [6.45, 7) is 2.51. The van der Waals surface area contributed by atoms with E-state index in [0.29, 0.717) is 24.5 Å². The van der Waals surface area contributed by atoms with Crippen LogP contribution in [0.4, 0.5) is 10.8 Å². The van der Waals surface area contributed by atoms with E-state index in [1.807, 2.05) is 31.2 Å². The van der Waals surface area contributed by atoms with Crippen molar-refractivity contribution in [3.63, 3.8) is 0 Å². The van der Waals surface area contributed by atoms with Gasteiger partial charge in [0.2, 0.25) is 16.9 Å². The molecular formula is C17H20N4O3S. The fourth-order valence-corrected chi connectivity index (χ4v) is 3.59. The maximum absolute atomic E-state index is 12.4. The number of hydrogen-bond donors (Lipinski definition) is 1. The first-order valence-corrected chi connectivity index (χ1v) is 9.00. The summed E-state index contributed by atoms with van der Waals surface area (Å²) < 4.78 is 5.15. The molecule has 1 aromatic carbocycles. The van der Waals surface area contributed by atoms with Gasteiger partial charge in [0.25, 0.3) is 0 Å². The molecule has 0 spiro atoms. The summed E-state index contributed by atoms with van der Waals surface area (Å²) in [4.78, 5) is 25.8. The third-order valence-corrected chi connectivity index (χ3v) is 5.02. The van der Waals surface area contributed by atoms with Crippen LogP contribution in [0.3, 0.4) is 0 Å². The standard InChI is InChI=1S/C17H20N4O3S/c1-3-4-14(22)18-17-20-19-16(25-17)11-9-15(23)21(10-11)12-5-7-13(24-2)8-6-12/h5-8,11H,3-4,9-10H2,1-2H3,(H,18,20,22)/t11-/m0/s1. The second kappa shape index (κ2) is 7.60. The second-order valence-electron chi connectivity index (χ2n) is 5.85. The van der Waals surface area contributed by atoms with Gasteiger partial charge in [-0.2, -0.15) is 0 Å². The zero-order chi connectivity index (χ0) is 17.8. The summed E-state index contributed by atoms with van der Waals surface area (Å²) in [7, 11) is 1.61. The molecule has 3 rings (SSSR count). The molecule has 1 aliphatic rings. The smallest absolute Gasteiger partial charge is 0.227 e. The molecule has 8 heteroatoms. The Morgan fingerprint density at radius 3 is 2.80 bits per heavy atom. The number of aromatic nitrogens is 2. The minimum absolute atomic E-state index is 0.0103. The summed E-state index contributed by atoms with van der Waals surface area (Å²) in [5.41, 5.74) is 0.842. The van der Waals surface area contributed by atoms with E-state index < -0.39 is 0 Å². The first-order chi connectivity index (χ1) is 12.1. The minimum Gasteiger partial charge on any atom is -0.497 e. The van der Waals surface area contributed by atoms with Crippen LogP contribution in [0.2, 0.25) is 0 Å². The van der Waals surface area contributed by atoms with Crippen molar-refractivity contribution >= 4 is 34.0 Å². The summed E-state index contributed by atoms with van der Waals surface area (Å²) in [5, 5.41) is 12.2. The Morgan fingerprint density at radius 1 is 1.36 bits per heavy atom. The summed E-state index contributed by atoms with van der Waals surface area (Å²) in [6.07, 6.45) is 1.64. The zero-order valence-corrected chi connectivity index (χ0v) is 15.0. The summed E-state index contributed by atoms with van der Waals surface area (Å²) in [5.74, 6) is 0.738. The molecule has 1 saturated heterocycles. The predicted octanol–water partition coefficient (Wildman–Crippen LogP) is 2.81. The van der Waals surface area contributed by atoms with Gasteiger partial charge in [-0.25, -0.2) is 0 Å². The van der Waals surface area contributed by atoms with Crippen molar-refractivity contribution in [2.24, 2.45) is 0 Å². The molecule has 7 nitrogen and oxygen atoms in total. The fourth-order valence-electron chi connectivity index (χ4n) is 2.74. The number of ether oxygens (including phenoxy) is 1. The van der Waals surface area contributed by atoms with Gasteiger partial charge in [-0.15, -0.1) is 10.2 Å². The number of carbonyl (C=O) groups is 2. The van der Waals surface area contributed by atoms with Gasteiger partial charge >= 0.3 is 0 Å². The van der Waals surface area contributed by atoms with Crippen LogP contribution in [0.25, 0.3) is 0 Å². The maximum Gasteiger partial charge on any atom is 0.227 e. The number of amides is 2. The first-order valence-electron chi connectivity index (χ1n) is 8.18. The molecule has 0 saturated carbocycles. The number of hydrogen-bond acceptors (Lipinski definition) is 6. The molecule has 1 N–H and O–H groups in total. The van der Waals surface area contributed by atoms with Crippen molar-refractivity contribution < 1.29 is 14.3 Å². The van der Waals surface area contributed by atoms with Crippen molar-refractivity contribution in [1.82, 2.24) is 10.2 Å². The van der Waals surface area contributed by atoms with Crippen molar-refractivity contribution in [2.75, 3.05) is 23.9 Å². The highest BCUT2D eigenvalue weighted by Crippen LogP contribution is 2.34. The van der Waals surface area contributed by atoms with Crippen LogP contribution in [-0.2, 0) is 9.59 Å². The number of carbonyl (C=O) groups excluding carboxylic acids is 2. The van der Waals surface area contributed by atoms with Gasteiger partial charge in [0.05, 0.1) is 7.11 Å². The van der Waals surface area contributed by atoms with Gasteiger partial charge in [-0.1, -0.05) is 18.3 Å². The normalized spacial score (nSPS) is 17.0. The lowest BCUT2D eigenvalue weighted by Crippen LogP contribution is -2.24. The number of rotatable bonds is 6. The van der Waals surface area contributed by atoms with Gasteiger partial charge in [0.1, 0.15) is 10.8 Å². The highest BCUT2D eigenvalue weighted by molar-refractivity contribution is 7.15. The Balaban J connectivity index is 1.67. The van der Waals surface area contributed by atoms with E-state index in [1.54, 1.807) is 12.0 Å². The van der Waals surface area contributed by atoms with Crippen molar-refractivity contribution in [1.29, 1.82) is 0 Å². The van der Waals surface area contributed by atoms with E-state index in [-0.39, 0.29) is 17.7 Å². The van der Waals surface area contributed by atoms with Crippen LogP contribution in [0, 0.1) is 0 Å². The van der Waals surface area contributed by atoms with Crippen molar-refractivity contribution in [3.8, 4) is 5.75 Å². The highest BCUT2D eigenvalue weighted by Gasteiger charge is 2.34. The minimum atomic E-state index is -0.0624. The molecule has 2 amide bonds. The average Bonchev–Trinajstić information content (AvgIpc) is 3.22. The highest BCUT2D eigenvalue weighted by atomic mass is 32.1. The van der Waals surface area contributed by atoms with Crippen LogP contribution in [0.15, 0.2) is 24.3 Å². The van der Waals surface area contributed by atoms with Crippen LogP contribution in [0.1, 0.15) is 37.1 Å². The monoisotopic (exact) mass is 360 g/mol. The number of nitrogens with zero attached hydrogens (tertiary/aromatic N) is 3.